The number of anilines is 1. The van der Waals surface area contributed by atoms with E-state index in [1.807, 2.05) is 78.2 Å². The zero-order valence-electron chi connectivity index (χ0n) is 18.5. The Hall–Kier alpha value is -2.37. The highest BCUT2D eigenvalue weighted by molar-refractivity contribution is 6.30. The molecule has 0 saturated carbocycles. The molecule has 1 saturated heterocycles. The first-order chi connectivity index (χ1) is 14.8. The van der Waals surface area contributed by atoms with E-state index in [0.29, 0.717) is 37.6 Å². The third-order valence-corrected chi connectivity index (χ3v) is 6.82. The SMILES string of the molecule is Cc1ccc(CC(=O)N2CCC3(CC2)CN(C(=O)CN(C)C)c2ccc(Cl)cc23)cc1. The van der Waals surface area contributed by atoms with Crippen molar-refractivity contribution in [2.75, 3.05) is 45.2 Å². The molecule has 0 aliphatic carbocycles. The van der Waals surface area contributed by atoms with Gasteiger partial charge in [-0.25, -0.2) is 0 Å². The number of likely N-dealkylation sites (N-methyl/N-ethyl adjacent to an activating group) is 1. The van der Waals surface area contributed by atoms with Gasteiger partial charge in [-0.1, -0.05) is 41.4 Å². The average molecular weight is 440 g/mol. The lowest BCUT2D eigenvalue weighted by atomic mass is 9.74. The van der Waals surface area contributed by atoms with Crippen LogP contribution in [0.25, 0.3) is 0 Å². The van der Waals surface area contributed by atoms with E-state index >= 15 is 0 Å². The normalized spacial score (nSPS) is 17.3. The Labute approximate surface area is 189 Å². The van der Waals surface area contributed by atoms with Gasteiger partial charge in [-0.05, 0) is 63.2 Å². The van der Waals surface area contributed by atoms with Crippen LogP contribution in [0.3, 0.4) is 0 Å². The minimum absolute atomic E-state index is 0.100. The molecule has 1 spiro atoms. The van der Waals surface area contributed by atoms with Crippen molar-refractivity contribution in [2.24, 2.45) is 0 Å². The van der Waals surface area contributed by atoms with Crippen molar-refractivity contribution in [3.05, 3.63) is 64.2 Å². The van der Waals surface area contributed by atoms with E-state index in [1.54, 1.807) is 0 Å². The van der Waals surface area contributed by atoms with E-state index in [-0.39, 0.29) is 17.2 Å². The second-order valence-electron chi connectivity index (χ2n) is 9.20. The molecule has 31 heavy (non-hydrogen) atoms. The van der Waals surface area contributed by atoms with Crippen molar-refractivity contribution in [3.63, 3.8) is 0 Å². The van der Waals surface area contributed by atoms with E-state index in [2.05, 4.69) is 0 Å². The Morgan fingerprint density at radius 1 is 1.03 bits per heavy atom. The number of hydrogen-bond donors (Lipinski definition) is 0. The molecule has 2 heterocycles. The van der Waals surface area contributed by atoms with Crippen LogP contribution in [0.2, 0.25) is 5.02 Å². The van der Waals surface area contributed by atoms with E-state index < -0.39 is 0 Å². The van der Waals surface area contributed by atoms with Gasteiger partial charge >= 0.3 is 0 Å². The van der Waals surface area contributed by atoms with Crippen LogP contribution in [0.1, 0.15) is 29.5 Å². The summed E-state index contributed by atoms with van der Waals surface area (Å²) in [6.45, 7) is 4.49. The minimum atomic E-state index is -0.136. The maximum atomic E-state index is 12.9. The van der Waals surface area contributed by atoms with Crippen molar-refractivity contribution < 1.29 is 9.59 Å². The summed E-state index contributed by atoms with van der Waals surface area (Å²) >= 11 is 6.34. The van der Waals surface area contributed by atoms with Gasteiger partial charge in [0.25, 0.3) is 0 Å². The molecule has 0 unspecified atom stereocenters. The Balaban J connectivity index is 1.49. The Morgan fingerprint density at radius 3 is 2.35 bits per heavy atom. The van der Waals surface area contributed by atoms with Gasteiger partial charge in [0, 0.05) is 35.8 Å². The number of aryl methyl sites for hydroxylation is 1. The first kappa shape index (κ1) is 21.8. The predicted octanol–water partition coefficient (Wildman–Crippen LogP) is 3.66. The van der Waals surface area contributed by atoms with E-state index in [4.69, 9.17) is 11.6 Å². The van der Waals surface area contributed by atoms with Crippen LogP contribution in [-0.4, -0.2) is 61.9 Å². The first-order valence-electron chi connectivity index (χ1n) is 10.9. The maximum Gasteiger partial charge on any atom is 0.241 e. The van der Waals surface area contributed by atoms with Crippen LogP contribution in [0.4, 0.5) is 5.69 Å². The number of amides is 2. The van der Waals surface area contributed by atoms with Gasteiger partial charge in [0.15, 0.2) is 0 Å². The van der Waals surface area contributed by atoms with Gasteiger partial charge in [-0.15, -0.1) is 0 Å². The van der Waals surface area contributed by atoms with E-state index in [1.165, 1.54) is 5.56 Å². The second kappa shape index (κ2) is 8.64. The molecule has 6 heteroatoms. The van der Waals surface area contributed by atoms with Gasteiger partial charge in [0.2, 0.25) is 11.8 Å². The molecule has 5 nitrogen and oxygen atoms in total. The van der Waals surface area contributed by atoms with Gasteiger partial charge in [-0.2, -0.15) is 0 Å². The molecule has 0 bridgehead atoms. The summed E-state index contributed by atoms with van der Waals surface area (Å²) in [6, 6.07) is 14.0. The molecule has 164 valence electrons. The summed E-state index contributed by atoms with van der Waals surface area (Å²) in [7, 11) is 3.81. The second-order valence-corrected chi connectivity index (χ2v) is 9.64. The van der Waals surface area contributed by atoms with Crippen molar-refractivity contribution >= 4 is 29.1 Å². The largest absolute Gasteiger partial charge is 0.342 e. The summed E-state index contributed by atoms with van der Waals surface area (Å²) in [5.41, 5.74) is 4.23. The molecule has 2 aromatic carbocycles. The fourth-order valence-corrected chi connectivity index (χ4v) is 5.00. The number of likely N-dealkylation sites (tertiary alicyclic amines) is 1. The molecular formula is C25H30ClN3O2. The number of halogens is 1. The summed E-state index contributed by atoms with van der Waals surface area (Å²) in [5, 5.41) is 0.693. The highest BCUT2D eigenvalue weighted by atomic mass is 35.5. The van der Waals surface area contributed by atoms with Crippen molar-refractivity contribution in [1.29, 1.82) is 0 Å². The average Bonchev–Trinajstić information content (AvgIpc) is 3.03. The molecule has 4 rings (SSSR count). The standard InChI is InChI=1S/C25H30ClN3O2/c1-18-4-6-19(7-5-18)14-23(30)28-12-10-25(11-13-28)17-29(24(31)16-27(2)3)22-9-8-20(26)15-21(22)25/h4-9,15H,10-14,16-17H2,1-3H3. The number of carbonyl (C=O) groups is 2. The first-order valence-corrected chi connectivity index (χ1v) is 11.2. The number of nitrogens with zero attached hydrogens (tertiary/aromatic N) is 3. The third kappa shape index (κ3) is 4.48. The lowest BCUT2D eigenvalue weighted by Gasteiger charge is -2.40. The van der Waals surface area contributed by atoms with Crippen LogP contribution in [0.5, 0.6) is 0 Å². The monoisotopic (exact) mass is 439 g/mol. The molecular weight excluding hydrogens is 410 g/mol. The Kier molecular flexibility index (Phi) is 6.09. The highest BCUT2D eigenvalue weighted by Gasteiger charge is 2.46. The number of benzene rings is 2. The van der Waals surface area contributed by atoms with Crippen LogP contribution >= 0.6 is 11.6 Å². The van der Waals surface area contributed by atoms with Crippen LogP contribution < -0.4 is 4.90 Å². The smallest absolute Gasteiger partial charge is 0.241 e. The Bertz CT molecular complexity index is 979. The summed E-state index contributed by atoms with van der Waals surface area (Å²) in [6.07, 6.45) is 2.11. The van der Waals surface area contributed by atoms with Crippen molar-refractivity contribution in [1.82, 2.24) is 9.80 Å². The fourth-order valence-electron chi connectivity index (χ4n) is 4.82. The maximum absolute atomic E-state index is 12.9. The van der Waals surface area contributed by atoms with E-state index in [0.717, 1.165) is 29.7 Å². The zero-order valence-corrected chi connectivity index (χ0v) is 19.3. The molecule has 2 aliphatic heterocycles. The molecule has 2 aliphatic rings. The number of hydrogen-bond acceptors (Lipinski definition) is 3. The fraction of sp³-hybridized carbons (Fsp3) is 0.440. The van der Waals surface area contributed by atoms with Gasteiger partial charge in [0.05, 0.1) is 13.0 Å². The molecule has 2 amide bonds. The summed E-state index contributed by atoms with van der Waals surface area (Å²) in [4.78, 5) is 31.6. The third-order valence-electron chi connectivity index (χ3n) is 6.58. The molecule has 2 aromatic rings. The highest BCUT2D eigenvalue weighted by Crippen LogP contribution is 2.48. The molecule has 1 fully saturated rings. The summed E-state index contributed by atoms with van der Waals surface area (Å²) in [5.74, 6) is 0.270. The van der Waals surface area contributed by atoms with Crippen LogP contribution in [0.15, 0.2) is 42.5 Å². The van der Waals surface area contributed by atoms with Crippen molar-refractivity contribution in [3.8, 4) is 0 Å². The molecule has 0 N–H and O–H groups in total. The lowest BCUT2D eigenvalue weighted by Crippen LogP contribution is -2.48. The predicted molar refractivity (Wildman–Crippen MR) is 125 cm³/mol. The van der Waals surface area contributed by atoms with Crippen LogP contribution in [-0.2, 0) is 21.4 Å². The topological polar surface area (TPSA) is 43.9 Å². The number of rotatable bonds is 4. The molecule has 0 aromatic heterocycles. The van der Waals surface area contributed by atoms with Gasteiger partial charge in [-0.3, -0.25) is 9.59 Å². The van der Waals surface area contributed by atoms with Crippen LogP contribution in [0, 0.1) is 6.92 Å². The van der Waals surface area contributed by atoms with Gasteiger partial charge < -0.3 is 14.7 Å². The number of carbonyl (C=O) groups excluding carboxylic acids is 2. The number of piperidine rings is 1. The quantitative estimate of drug-likeness (QED) is 0.730. The van der Waals surface area contributed by atoms with Crippen molar-refractivity contribution in [2.45, 2.75) is 31.6 Å². The Morgan fingerprint density at radius 2 is 1.71 bits per heavy atom. The molecule has 0 radical (unpaired) electrons. The molecule has 0 atom stereocenters. The lowest BCUT2D eigenvalue weighted by molar-refractivity contribution is -0.132. The zero-order chi connectivity index (χ0) is 22.2. The van der Waals surface area contributed by atoms with E-state index in [9.17, 15) is 9.59 Å². The summed E-state index contributed by atoms with van der Waals surface area (Å²) < 4.78 is 0. The number of fused-ring (bicyclic) bond motifs is 2. The minimum Gasteiger partial charge on any atom is -0.342 e. The van der Waals surface area contributed by atoms with Gasteiger partial charge in [0.1, 0.15) is 0 Å².